The van der Waals surface area contributed by atoms with Crippen LogP contribution in [-0.2, 0) is 5.41 Å². The molecule has 2 saturated carbocycles. The van der Waals surface area contributed by atoms with Gasteiger partial charge >= 0.3 is 0 Å². The third kappa shape index (κ3) is 2.15. The van der Waals surface area contributed by atoms with E-state index in [1.54, 1.807) is 5.57 Å². The van der Waals surface area contributed by atoms with Crippen LogP contribution < -0.4 is 0 Å². The van der Waals surface area contributed by atoms with Gasteiger partial charge in [0, 0.05) is 11.3 Å². The minimum Gasteiger partial charge on any atom is -0.0681 e. The van der Waals surface area contributed by atoms with Crippen LogP contribution in [0.15, 0.2) is 96.6 Å². The summed E-state index contributed by atoms with van der Waals surface area (Å²) in [5.74, 6) is 0.617. The first-order chi connectivity index (χ1) is 12.7. The number of allylic oxidation sites excluding steroid dienone is 1. The largest absolute Gasteiger partial charge is 0.0681 e. The molecular weight excluding hydrogens is 312 g/mol. The lowest BCUT2D eigenvalue weighted by molar-refractivity contribution is 0.520. The molecule has 0 radical (unpaired) electrons. The summed E-state index contributed by atoms with van der Waals surface area (Å²) in [7, 11) is 0. The Balaban J connectivity index is 1.58. The molecule has 3 atom stereocenters. The van der Waals surface area contributed by atoms with Crippen molar-refractivity contribution in [3.63, 3.8) is 0 Å². The molecule has 0 saturated heterocycles. The van der Waals surface area contributed by atoms with Gasteiger partial charge in [0.05, 0.1) is 0 Å². The number of benzene rings is 3. The van der Waals surface area contributed by atoms with Crippen LogP contribution in [0.25, 0.3) is 6.08 Å². The average molecular weight is 336 g/mol. The normalized spacial score (nSPS) is 31.0. The molecule has 26 heavy (non-hydrogen) atoms. The SMILES string of the molecule is C[C@@]12C/C(=C/c3ccccc3)C[C@]1(c1ccccc1)[C@H]2c1ccccc1. The van der Waals surface area contributed by atoms with Crippen molar-refractivity contribution in [3.05, 3.63) is 113 Å². The third-order valence-electron chi connectivity index (χ3n) is 6.76. The fourth-order valence-corrected chi connectivity index (χ4v) is 5.73. The summed E-state index contributed by atoms with van der Waals surface area (Å²) in [5, 5.41) is 0. The lowest BCUT2D eigenvalue weighted by Crippen LogP contribution is -2.10. The van der Waals surface area contributed by atoms with Gasteiger partial charge in [-0.1, -0.05) is 110 Å². The second-order valence-electron chi connectivity index (χ2n) is 8.17. The monoisotopic (exact) mass is 336 g/mol. The van der Waals surface area contributed by atoms with E-state index in [2.05, 4.69) is 104 Å². The summed E-state index contributed by atoms with van der Waals surface area (Å²) in [5.41, 5.74) is 6.49. The van der Waals surface area contributed by atoms with E-state index in [1.807, 2.05) is 0 Å². The maximum atomic E-state index is 2.50. The van der Waals surface area contributed by atoms with Crippen molar-refractivity contribution in [3.8, 4) is 0 Å². The molecule has 0 aliphatic heterocycles. The third-order valence-corrected chi connectivity index (χ3v) is 6.76. The van der Waals surface area contributed by atoms with Gasteiger partial charge in [-0.05, 0) is 34.9 Å². The minimum atomic E-state index is 0.246. The molecule has 2 aliphatic rings. The Morgan fingerprint density at radius 3 is 1.96 bits per heavy atom. The van der Waals surface area contributed by atoms with E-state index in [9.17, 15) is 0 Å². The zero-order valence-electron chi connectivity index (χ0n) is 15.2. The molecule has 2 aliphatic carbocycles. The van der Waals surface area contributed by atoms with Crippen LogP contribution in [0.4, 0.5) is 0 Å². The van der Waals surface area contributed by atoms with E-state index in [4.69, 9.17) is 0 Å². The van der Waals surface area contributed by atoms with Gasteiger partial charge in [0.2, 0.25) is 0 Å². The summed E-state index contributed by atoms with van der Waals surface area (Å²) in [6.07, 6.45) is 4.78. The van der Waals surface area contributed by atoms with Crippen LogP contribution >= 0.6 is 0 Å². The van der Waals surface area contributed by atoms with Gasteiger partial charge in [-0.2, -0.15) is 0 Å². The fourth-order valence-electron chi connectivity index (χ4n) is 5.73. The van der Waals surface area contributed by atoms with Crippen molar-refractivity contribution in [1.29, 1.82) is 0 Å². The molecule has 3 aromatic carbocycles. The Labute approximate surface area is 156 Å². The molecule has 128 valence electrons. The Morgan fingerprint density at radius 2 is 1.31 bits per heavy atom. The quantitative estimate of drug-likeness (QED) is 0.505. The zero-order chi connectivity index (χ0) is 17.6. The predicted molar refractivity (Wildman–Crippen MR) is 109 cm³/mol. The van der Waals surface area contributed by atoms with E-state index in [-0.39, 0.29) is 5.41 Å². The second-order valence-corrected chi connectivity index (χ2v) is 8.17. The molecule has 3 aromatic rings. The van der Waals surface area contributed by atoms with Crippen molar-refractivity contribution in [2.45, 2.75) is 31.1 Å². The highest BCUT2D eigenvalue weighted by atomic mass is 14.8. The van der Waals surface area contributed by atoms with E-state index in [1.165, 1.54) is 29.5 Å². The zero-order valence-corrected chi connectivity index (χ0v) is 15.2. The highest BCUT2D eigenvalue weighted by molar-refractivity contribution is 5.62. The highest BCUT2D eigenvalue weighted by Gasteiger charge is 2.77. The molecule has 0 heterocycles. The Hall–Kier alpha value is -2.60. The molecule has 2 fully saturated rings. The van der Waals surface area contributed by atoms with Gasteiger partial charge in [-0.25, -0.2) is 0 Å². The molecule has 5 rings (SSSR count). The van der Waals surface area contributed by atoms with Gasteiger partial charge in [-0.15, -0.1) is 0 Å². The highest BCUT2D eigenvalue weighted by Crippen LogP contribution is 2.82. The van der Waals surface area contributed by atoms with Gasteiger partial charge in [0.25, 0.3) is 0 Å². The van der Waals surface area contributed by atoms with Crippen LogP contribution in [0.2, 0.25) is 0 Å². The minimum absolute atomic E-state index is 0.246. The van der Waals surface area contributed by atoms with Crippen molar-refractivity contribution < 1.29 is 0 Å². The van der Waals surface area contributed by atoms with Crippen molar-refractivity contribution in [2.24, 2.45) is 5.41 Å². The molecular formula is C26H24. The molecule has 0 amide bonds. The van der Waals surface area contributed by atoms with E-state index in [0.29, 0.717) is 11.3 Å². The first-order valence-corrected chi connectivity index (χ1v) is 9.59. The first kappa shape index (κ1) is 15.6. The number of rotatable bonds is 3. The number of fused-ring (bicyclic) bond motifs is 1. The van der Waals surface area contributed by atoms with Crippen LogP contribution in [-0.4, -0.2) is 0 Å². The molecule has 0 aromatic heterocycles. The van der Waals surface area contributed by atoms with Gasteiger partial charge in [0.1, 0.15) is 0 Å². The average Bonchev–Trinajstić information content (AvgIpc) is 3.07. The van der Waals surface area contributed by atoms with Crippen LogP contribution in [0.5, 0.6) is 0 Å². The fraction of sp³-hybridized carbons (Fsp3) is 0.231. The second kappa shape index (κ2) is 5.71. The lowest BCUT2D eigenvalue weighted by atomic mass is 9.86. The van der Waals surface area contributed by atoms with Gasteiger partial charge in [-0.3, -0.25) is 0 Å². The Bertz CT molecular complexity index is 939. The van der Waals surface area contributed by atoms with Gasteiger partial charge in [0.15, 0.2) is 0 Å². The van der Waals surface area contributed by atoms with E-state index in [0.717, 1.165) is 0 Å². The lowest BCUT2D eigenvalue weighted by Gasteiger charge is -2.17. The summed E-state index contributed by atoms with van der Waals surface area (Å²) < 4.78 is 0. The molecule has 0 unspecified atom stereocenters. The number of hydrogen-bond acceptors (Lipinski definition) is 0. The van der Waals surface area contributed by atoms with Crippen LogP contribution in [0.1, 0.15) is 42.4 Å². The summed E-state index contributed by atoms with van der Waals surface area (Å²) >= 11 is 0. The number of hydrogen-bond donors (Lipinski definition) is 0. The van der Waals surface area contributed by atoms with Crippen molar-refractivity contribution in [1.82, 2.24) is 0 Å². The summed E-state index contributed by atoms with van der Waals surface area (Å²) in [6, 6.07) is 33.1. The maximum absolute atomic E-state index is 2.50. The Morgan fingerprint density at radius 1 is 0.731 bits per heavy atom. The van der Waals surface area contributed by atoms with E-state index < -0.39 is 0 Å². The molecule has 0 heteroatoms. The van der Waals surface area contributed by atoms with E-state index >= 15 is 0 Å². The topological polar surface area (TPSA) is 0 Å². The van der Waals surface area contributed by atoms with Gasteiger partial charge < -0.3 is 0 Å². The molecule has 0 spiro atoms. The Kier molecular flexibility index (Phi) is 3.43. The summed E-state index contributed by atoms with van der Waals surface area (Å²) in [6.45, 7) is 2.50. The molecule has 0 bridgehead atoms. The van der Waals surface area contributed by atoms with Crippen LogP contribution in [0.3, 0.4) is 0 Å². The van der Waals surface area contributed by atoms with Crippen molar-refractivity contribution >= 4 is 6.08 Å². The molecule has 0 N–H and O–H groups in total. The predicted octanol–water partition coefficient (Wildman–Crippen LogP) is 6.61. The standard InChI is InChI=1S/C26H24/c1-25-18-21(17-20-11-5-2-6-12-20)19-26(25,23-15-9-4-10-16-23)24(25)22-13-7-3-8-14-22/h2-17,24H,18-19H2,1H3/b21-17-/t24-,25-,26-/m0/s1. The van der Waals surface area contributed by atoms with Crippen LogP contribution in [0, 0.1) is 5.41 Å². The molecule has 0 nitrogen and oxygen atoms in total. The summed E-state index contributed by atoms with van der Waals surface area (Å²) in [4.78, 5) is 0. The maximum Gasteiger partial charge on any atom is 0.0127 e. The smallest absolute Gasteiger partial charge is 0.0127 e. The van der Waals surface area contributed by atoms with Crippen molar-refractivity contribution in [2.75, 3.05) is 0 Å². The first-order valence-electron chi connectivity index (χ1n) is 9.59.